The third-order valence-electron chi connectivity index (χ3n) is 3.51. The topological polar surface area (TPSA) is 73.6 Å². The van der Waals surface area contributed by atoms with E-state index in [1.807, 2.05) is 38.1 Å². The van der Waals surface area contributed by atoms with E-state index >= 15 is 0 Å². The molecule has 3 N–H and O–H groups in total. The van der Waals surface area contributed by atoms with Crippen LogP contribution < -0.4 is 15.8 Å². The molecule has 5 nitrogen and oxygen atoms in total. The Balaban J connectivity index is 1.89. The molecule has 1 amide bonds. The number of anilines is 1. The monoisotopic (exact) mass is 278 g/mol. The van der Waals surface area contributed by atoms with Gasteiger partial charge in [-0.05, 0) is 31.2 Å². The average Bonchev–Trinajstić information content (AvgIpc) is 2.92. The van der Waals surface area contributed by atoms with E-state index in [0.29, 0.717) is 6.61 Å². The van der Waals surface area contributed by atoms with E-state index in [4.69, 9.17) is 15.2 Å². The van der Waals surface area contributed by atoms with Crippen molar-refractivity contribution < 1.29 is 14.3 Å². The lowest BCUT2D eigenvalue weighted by Gasteiger charge is -2.16. The largest absolute Gasteiger partial charge is 0.488 e. The molecular formula is C15H22N2O3. The molecule has 1 saturated heterocycles. The molecule has 3 atom stereocenters. The zero-order chi connectivity index (χ0) is 14.5. The van der Waals surface area contributed by atoms with Gasteiger partial charge in [-0.2, -0.15) is 0 Å². The standard InChI is InChI=1S/C15H22N2O3/c1-10(11(2)16)15(18)17-12-3-5-13(6-4-12)20-14-7-8-19-9-14/h3-6,10-11,14H,7-9,16H2,1-2H3,(H,17,18). The van der Waals surface area contributed by atoms with E-state index in [2.05, 4.69) is 5.32 Å². The van der Waals surface area contributed by atoms with Gasteiger partial charge in [-0.1, -0.05) is 6.92 Å². The first kappa shape index (κ1) is 14.8. The molecule has 0 bridgehead atoms. The molecule has 5 heteroatoms. The van der Waals surface area contributed by atoms with Crippen molar-refractivity contribution in [3.8, 4) is 5.75 Å². The van der Waals surface area contributed by atoms with Crippen LogP contribution in [0.5, 0.6) is 5.75 Å². The summed E-state index contributed by atoms with van der Waals surface area (Å²) in [5.74, 6) is 0.498. The number of hydrogen-bond donors (Lipinski definition) is 2. The maximum absolute atomic E-state index is 11.9. The summed E-state index contributed by atoms with van der Waals surface area (Å²) in [5.41, 5.74) is 6.46. The number of nitrogens with two attached hydrogens (primary N) is 1. The van der Waals surface area contributed by atoms with E-state index in [1.165, 1.54) is 0 Å². The SMILES string of the molecule is CC(N)C(C)C(=O)Nc1ccc(OC2CCOC2)cc1. The van der Waals surface area contributed by atoms with E-state index in [-0.39, 0.29) is 24.0 Å². The van der Waals surface area contributed by atoms with Crippen LogP contribution in [0.1, 0.15) is 20.3 Å². The molecule has 1 aromatic carbocycles. The van der Waals surface area contributed by atoms with Crippen molar-refractivity contribution in [2.24, 2.45) is 11.7 Å². The van der Waals surface area contributed by atoms with Gasteiger partial charge in [-0.15, -0.1) is 0 Å². The summed E-state index contributed by atoms with van der Waals surface area (Å²) in [7, 11) is 0. The highest BCUT2D eigenvalue weighted by Gasteiger charge is 2.18. The first-order valence-corrected chi connectivity index (χ1v) is 6.97. The van der Waals surface area contributed by atoms with Crippen LogP contribution in [0, 0.1) is 5.92 Å². The molecular weight excluding hydrogens is 256 g/mol. The number of rotatable bonds is 5. The fraction of sp³-hybridized carbons (Fsp3) is 0.533. The molecule has 1 aromatic rings. The van der Waals surface area contributed by atoms with Gasteiger partial charge in [-0.25, -0.2) is 0 Å². The maximum atomic E-state index is 11.9. The van der Waals surface area contributed by atoms with Crippen molar-refractivity contribution in [3.05, 3.63) is 24.3 Å². The molecule has 0 aromatic heterocycles. The van der Waals surface area contributed by atoms with Crippen LogP contribution >= 0.6 is 0 Å². The van der Waals surface area contributed by atoms with Crippen molar-refractivity contribution in [2.75, 3.05) is 18.5 Å². The minimum absolute atomic E-state index is 0.0714. The summed E-state index contributed by atoms with van der Waals surface area (Å²) in [6, 6.07) is 7.20. The molecule has 0 saturated carbocycles. The molecule has 20 heavy (non-hydrogen) atoms. The van der Waals surface area contributed by atoms with Gasteiger partial charge in [0.1, 0.15) is 11.9 Å². The van der Waals surface area contributed by atoms with Crippen LogP contribution in [0.4, 0.5) is 5.69 Å². The third-order valence-corrected chi connectivity index (χ3v) is 3.51. The molecule has 0 spiro atoms. The number of carbonyl (C=O) groups is 1. The highest BCUT2D eigenvalue weighted by Crippen LogP contribution is 2.20. The van der Waals surface area contributed by atoms with Gasteiger partial charge in [0.15, 0.2) is 0 Å². The predicted molar refractivity (Wildman–Crippen MR) is 77.7 cm³/mol. The molecule has 1 fully saturated rings. The quantitative estimate of drug-likeness (QED) is 0.861. The van der Waals surface area contributed by atoms with Crippen LogP contribution in [0.15, 0.2) is 24.3 Å². The number of amides is 1. The Morgan fingerprint density at radius 3 is 2.65 bits per heavy atom. The van der Waals surface area contributed by atoms with Crippen LogP contribution in [0.2, 0.25) is 0 Å². The second-order valence-electron chi connectivity index (χ2n) is 5.26. The Morgan fingerprint density at radius 2 is 2.10 bits per heavy atom. The minimum Gasteiger partial charge on any atom is -0.488 e. The van der Waals surface area contributed by atoms with E-state index in [1.54, 1.807) is 0 Å². The highest BCUT2D eigenvalue weighted by molar-refractivity contribution is 5.92. The first-order chi connectivity index (χ1) is 9.56. The molecule has 110 valence electrons. The maximum Gasteiger partial charge on any atom is 0.228 e. The molecule has 1 aliphatic rings. The van der Waals surface area contributed by atoms with E-state index in [0.717, 1.165) is 24.5 Å². The van der Waals surface area contributed by atoms with Crippen molar-refractivity contribution in [3.63, 3.8) is 0 Å². The first-order valence-electron chi connectivity index (χ1n) is 6.97. The van der Waals surface area contributed by atoms with Gasteiger partial charge >= 0.3 is 0 Å². The zero-order valence-corrected chi connectivity index (χ0v) is 12.0. The van der Waals surface area contributed by atoms with Gasteiger partial charge in [0.2, 0.25) is 5.91 Å². The highest BCUT2D eigenvalue weighted by atomic mass is 16.5. The lowest BCUT2D eigenvalue weighted by Crippen LogP contribution is -2.34. The summed E-state index contributed by atoms with van der Waals surface area (Å²) in [6.07, 6.45) is 1.05. The molecule has 2 rings (SSSR count). The van der Waals surface area contributed by atoms with Crippen LogP contribution in [-0.4, -0.2) is 31.3 Å². The number of hydrogen-bond acceptors (Lipinski definition) is 4. The Morgan fingerprint density at radius 1 is 1.40 bits per heavy atom. The second kappa shape index (κ2) is 6.72. The summed E-state index contributed by atoms with van der Waals surface area (Å²) < 4.78 is 11.0. The van der Waals surface area contributed by atoms with Crippen molar-refractivity contribution in [1.29, 1.82) is 0 Å². The fourth-order valence-corrected chi connectivity index (χ4v) is 1.91. The van der Waals surface area contributed by atoms with E-state index < -0.39 is 0 Å². The molecule has 3 unspecified atom stereocenters. The summed E-state index contributed by atoms with van der Waals surface area (Å²) in [6.45, 7) is 5.04. The average molecular weight is 278 g/mol. The lowest BCUT2D eigenvalue weighted by atomic mass is 10.0. The Kier molecular flexibility index (Phi) is 4.98. The van der Waals surface area contributed by atoms with Crippen molar-refractivity contribution in [2.45, 2.75) is 32.4 Å². The Labute approximate surface area is 119 Å². The summed E-state index contributed by atoms with van der Waals surface area (Å²) >= 11 is 0. The van der Waals surface area contributed by atoms with Crippen molar-refractivity contribution >= 4 is 11.6 Å². The molecule has 0 radical (unpaired) electrons. The van der Waals surface area contributed by atoms with Crippen LogP contribution in [0.3, 0.4) is 0 Å². The summed E-state index contributed by atoms with van der Waals surface area (Å²) in [4.78, 5) is 11.9. The van der Waals surface area contributed by atoms with Gasteiger partial charge in [0.05, 0.1) is 19.1 Å². The minimum atomic E-state index is -0.221. The Hall–Kier alpha value is -1.59. The predicted octanol–water partition coefficient (Wildman–Crippen LogP) is 1.78. The molecule has 1 aliphatic heterocycles. The van der Waals surface area contributed by atoms with Gasteiger partial charge in [0.25, 0.3) is 0 Å². The van der Waals surface area contributed by atoms with Gasteiger partial charge in [-0.3, -0.25) is 4.79 Å². The fourth-order valence-electron chi connectivity index (χ4n) is 1.91. The normalized spacial score (nSPS) is 21.2. The lowest BCUT2D eigenvalue weighted by molar-refractivity contribution is -0.119. The second-order valence-corrected chi connectivity index (χ2v) is 5.26. The molecule has 1 heterocycles. The van der Waals surface area contributed by atoms with Crippen LogP contribution in [-0.2, 0) is 9.53 Å². The number of ether oxygens (including phenoxy) is 2. The van der Waals surface area contributed by atoms with Gasteiger partial charge in [0, 0.05) is 18.2 Å². The number of nitrogens with one attached hydrogen (secondary N) is 1. The molecule has 0 aliphatic carbocycles. The number of benzene rings is 1. The van der Waals surface area contributed by atoms with Gasteiger partial charge < -0.3 is 20.5 Å². The Bertz CT molecular complexity index is 439. The third kappa shape index (κ3) is 3.95. The van der Waals surface area contributed by atoms with E-state index in [9.17, 15) is 4.79 Å². The zero-order valence-electron chi connectivity index (χ0n) is 12.0. The van der Waals surface area contributed by atoms with Crippen LogP contribution in [0.25, 0.3) is 0 Å². The van der Waals surface area contributed by atoms with Crippen molar-refractivity contribution in [1.82, 2.24) is 0 Å². The number of carbonyl (C=O) groups excluding carboxylic acids is 1. The summed E-state index contributed by atoms with van der Waals surface area (Å²) in [5, 5.41) is 2.84. The smallest absolute Gasteiger partial charge is 0.228 e.